The molecule has 1 aromatic rings. The molecule has 0 fully saturated rings. The van der Waals surface area contributed by atoms with Gasteiger partial charge >= 0.3 is 0 Å². The largest absolute Gasteiger partial charge is 0.192 e. The van der Waals surface area contributed by atoms with Gasteiger partial charge in [0.05, 0.1) is 11.6 Å². The van der Waals surface area contributed by atoms with Crippen LogP contribution in [0.5, 0.6) is 0 Å². The molecule has 0 aliphatic carbocycles. The molecule has 1 aromatic carbocycles. The van der Waals surface area contributed by atoms with Gasteiger partial charge in [-0.2, -0.15) is 5.26 Å². The lowest BCUT2D eigenvalue weighted by atomic mass is 9.94. The lowest BCUT2D eigenvalue weighted by Crippen LogP contribution is -1.91. The minimum absolute atomic E-state index is 0.815. The average molecular weight is 450 g/mol. The van der Waals surface area contributed by atoms with Gasteiger partial charge < -0.3 is 0 Å². The number of unbranched alkanes of at least 4 members (excludes halogenated alkanes) is 15. The monoisotopic (exact) mass is 449 g/mol. The van der Waals surface area contributed by atoms with Gasteiger partial charge in [-0.05, 0) is 68.6 Å². The Morgan fingerprint density at radius 2 is 1.18 bits per heavy atom. The lowest BCUT2D eigenvalue weighted by molar-refractivity contribution is 0.577. The molecule has 0 bridgehead atoms. The fourth-order valence-electron chi connectivity index (χ4n) is 4.42. The van der Waals surface area contributed by atoms with E-state index in [9.17, 15) is 5.26 Å². The van der Waals surface area contributed by atoms with Crippen molar-refractivity contribution in [2.45, 2.75) is 136 Å². The van der Waals surface area contributed by atoms with Gasteiger partial charge in [-0.1, -0.05) is 121 Å². The van der Waals surface area contributed by atoms with Gasteiger partial charge in [0.1, 0.15) is 0 Å². The number of nitrogens with zero attached hydrogens (tertiary/aromatic N) is 1. The average Bonchev–Trinajstić information content (AvgIpc) is 2.85. The number of hydrogen-bond acceptors (Lipinski definition) is 1. The molecule has 0 atom stereocenters. The molecule has 1 heteroatoms. The van der Waals surface area contributed by atoms with E-state index in [0.29, 0.717) is 0 Å². The number of benzene rings is 1. The molecule has 0 aliphatic heterocycles. The van der Waals surface area contributed by atoms with E-state index in [-0.39, 0.29) is 0 Å². The smallest absolute Gasteiger partial charge is 0.0998 e. The first kappa shape index (κ1) is 29.2. The fourth-order valence-corrected chi connectivity index (χ4v) is 4.42. The van der Waals surface area contributed by atoms with Gasteiger partial charge in [0.2, 0.25) is 0 Å². The van der Waals surface area contributed by atoms with Crippen LogP contribution in [0.3, 0.4) is 0 Å². The van der Waals surface area contributed by atoms with Crippen LogP contribution < -0.4 is 0 Å². The summed E-state index contributed by atoms with van der Waals surface area (Å²) in [6.07, 6.45) is 32.3. The van der Waals surface area contributed by atoms with Gasteiger partial charge in [0, 0.05) is 0 Å². The Kier molecular flexibility index (Phi) is 19.5. The van der Waals surface area contributed by atoms with Gasteiger partial charge in [-0.3, -0.25) is 0 Å². The third-order valence-electron chi connectivity index (χ3n) is 6.55. The molecule has 0 amide bonds. The first-order chi connectivity index (χ1) is 16.3. The Hall–Kier alpha value is -1.81. The highest BCUT2D eigenvalue weighted by atomic mass is 14.2. The Labute approximate surface area is 206 Å². The van der Waals surface area contributed by atoms with Crippen LogP contribution in [0.25, 0.3) is 5.57 Å². The van der Waals surface area contributed by atoms with Crippen molar-refractivity contribution in [1.29, 1.82) is 5.26 Å². The van der Waals surface area contributed by atoms with E-state index >= 15 is 0 Å². The minimum Gasteiger partial charge on any atom is -0.192 e. The van der Waals surface area contributed by atoms with Crippen molar-refractivity contribution in [1.82, 2.24) is 0 Å². The standard InChI is InChI=1S/C32H51N/c1-3-5-7-8-9-10-11-12-13-14-15-16-17-18-19-20-21-22-26-30(25-6-4-2)32-28-24-23-27-31(32)29-33/h14-15,23-24,26-28H,3-13,16-22,25H2,1-2H3. The molecular formula is C32H51N. The molecular weight excluding hydrogens is 398 g/mol. The summed E-state index contributed by atoms with van der Waals surface area (Å²) in [7, 11) is 0. The molecule has 0 radical (unpaired) electrons. The summed E-state index contributed by atoms with van der Waals surface area (Å²) >= 11 is 0. The van der Waals surface area contributed by atoms with E-state index in [1.54, 1.807) is 0 Å². The zero-order valence-electron chi connectivity index (χ0n) is 21.9. The lowest BCUT2D eigenvalue weighted by Gasteiger charge is -2.10. The van der Waals surface area contributed by atoms with Gasteiger partial charge in [0.25, 0.3) is 0 Å². The minimum atomic E-state index is 0.815. The van der Waals surface area contributed by atoms with Crippen LogP contribution in [-0.2, 0) is 0 Å². The molecule has 0 saturated heterocycles. The summed E-state index contributed by atoms with van der Waals surface area (Å²) in [6, 6.07) is 10.4. The van der Waals surface area contributed by atoms with Crippen molar-refractivity contribution in [2.75, 3.05) is 0 Å². The number of nitriles is 1. The maximum atomic E-state index is 9.44. The van der Waals surface area contributed by atoms with E-state index in [1.165, 1.54) is 115 Å². The van der Waals surface area contributed by atoms with Crippen molar-refractivity contribution >= 4 is 5.57 Å². The number of rotatable bonds is 21. The molecule has 0 aliphatic rings. The van der Waals surface area contributed by atoms with Crippen LogP contribution in [0, 0.1) is 11.3 Å². The predicted molar refractivity (Wildman–Crippen MR) is 147 cm³/mol. The highest BCUT2D eigenvalue weighted by Gasteiger charge is 2.06. The summed E-state index contributed by atoms with van der Waals surface area (Å²) < 4.78 is 0. The zero-order valence-corrected chi connectivity index (χ0v) is 21.9. The maximum absolute atomic E-state index is 9.44. The van der Waals surface area contributed by atoms with Crippen LogP contribution in [0.2, 0.25) is 0 Å². The molecule has 1 rings (SSSR count). The predicted octanol–water partition coefficient (Wildman–Crippen LogP) is 10.9. The first-order valence-electron chi connectivity index (χ1n) is 14.2. The fraction of sp³-hybridized carbons (Fsp3) is 0.656. The molecule has 184 valence electrons. The summed E-state index contributed by atoms with van der Waals surface area (Å²) in [5.41, 5.74) is 3.33. The second-order valence-electron chi connectivity index (χ2n) is 9.57. The molecule has 0 aromatic heterocycles. The topological polar surface area (TPSA) is 23.8 Å². The molecule has 33 heavy (non-hydrogen) atoms. The molecule has 0 N–H and O–H groups in total. The van der Waals surface area contributed by atoms with E-state index in [4.69, 9.17) is 0 Å². The van der Waals surface area contributed by atoms with Crippen molar-refractivity contribution in [3.63, 3.8) is 0 Å². The third kappa shape index (κ3) is 15.6. The van der Waals surface area contributed by atoms with Crippen molar-refractivity contribution in [2.24, 2.45) is 0 Å². The van der Waals surface area contributed by atoms with E-state index in [1.807, 2.05) is 12.1 Å². The molecule has 0 heterocycles. The summed E-state index contributed by atoms with van der Waals surface area (Å²) in [6.45, 7) is 4.52. The van der Waals surface area contributed by atoms with E-state index < -0.39 is 0 Å². The number of allylic oxidation sites excluding steroid dienone is 4. The third-order valence-corrected chi connectivity index (χ3v) is 6.55. The van der Waals surface area contributed by atoms with Crippen LogP contribution in [0.15, 0.2) is 42.5 Å². The molecule has 0 spiro atoms. The van der Waals surface area contributed by atoms with Crippen molar-refractivity contribution in [3.8, 4) is 6.07 Å². The number of hydrogen-bond donors (Lipinski definition) is 0. The van der Waals surface area contributed by atoms with Crippen molar-refractivity contribution < 1.29 is 0 Å². The zero-order chi connectivity index (χ0) is 23.8. The first-order valence-corrected chi connectivity index (χ1v) is 14.2. The summed E-state index contributed by atoms with van der Waals surface area (Å²) in [5.74, 6) is 0. The Morgan fingerprint density at radius 3 is 1.76 bits per heavy atom. The Balaban J connectivity index is 2.08. The van der Waals surface area contributed by atoms with Crippen LogP contribution in [0.4, 0.5) is 0 Å². The van der Waals surface area contributed by atoms with Crippen LogP contribution >= 0.6 is 0 Å². The SMILES string of the molecule is CCCCCCCCCCC=CCCCCCCCC=C(CCCC)c1ccccc1C#N. The van der Waals surface area contributed by atoms with E-state index in [0.717, 1.165) is 24.0 Å². The summed E-state index contributed by atoms with van der Waals surface area (Å²) in [4.78, 5) is 0. The van der Waals surface area contributed by atoms with Gasteiger partial charge in [0.15, 0.2) is 0 Å². The van der Waals surface area contributed by atoms with Crippen LogP contribution in [0.1, 0.15) is 147 Å². The van der Waals surface area contributed by atoms with Gasteiger partial charge in [-0.25, -0.2) is 0 Å². The normalized spacial score (nSPS) is 11.8. The highest BCUT2D eigenvalue weighted by Crippen LogP contribution is 2.25. The Bertz CT molecular complexity index is 676. The van der Waals surface area contributed by atoms with Crippen molar-refractivity contribution in [3.05, 3.63) is 53.6 Å². The molecule has 0 unspecified atom stereocenters. The van der Waals surface area contributed by atoms with Crippen LogP contribution in [-0.4, -0.2) is 0 Å². The second kappa shape index (κ2) is 22.0. The quantitative estimate of drug-likeness (QED) is 0.135. The maximum Gasteiger partial charge on any atom is 0.0998 e. The van der Waals surface area contributed by atoms with E-state index in [2.05, 4.69) is 50.3 Å². The second-order valence-corrected chi connectivity index (χ2v) is 9.57. The van der Waals surface area contributed by atoms with Gasteiger partial charge in [-0.15, -0.1) is 0 Å². The molecule has 0 saturated carbocycles. The highest BCUT2D eigenvalue weighted by molar-refractivity contribution is 5.70. The molecule has 1 nitrogen and oxygen atoms in total. The summed E-state index contributed by atoms with van der Waals surface area (Å²) in [5, 5.41) is 9.44. The Morgan fingerprint density at radius 1 is 0.667 bits per heavy atom.